The fourth-order valence-corrected chi connectivity index (χ4v) is 2.25. The Bertz CT molecular complexity index is 556. The van der Waals surface area contributed by atoms with Gasteiger partial charge in [0.25, 0.3) is 0 Å². The lowest BCUT2D eigenvalue weighted by atomic mass is 9.77. The SMILES string of the molecule is CC1(C)OB(C(=Cc2ccc(Br)c(F)c2)CO)OC1(C)C. The van der Waals surface area contributed by atoms with Crippen molar-refractivity contribution in [3.05, 3.63) is 39.5 Å². The lowest BCUT2D eigenvalue weighted by molar-refractivity contribution is 0.00578. The van der Waals surface area contributed by atoms with Gasteiger partial charge in [-0.3, -0.25) is 0 Å². The average molecular weight is 357 g/mol. The first kappa shape index (κ1) is 16.7. The minimum atomic E-state index is -0.633. The topological polar surface area (TPSA) is 38.7 Å². The molecule has 1 aliphatic rings. The molecule has 1 saturated heterocycles. The van der Waals surface area contributed by atoms with Crippen LogP contribution in [0.1, 0.15) is 33.3 Å². The maximum absolute atomic E-state index is 13.6. The van der Waals surface area contributed by atoms with Crippen LogP contribution in [-0.2, 0) is 9.31 Å². The summed E-state index contributed by atoms with van der Waals surface area (Å²) in [5.41, 5.74) is 0.262. The van der Waals surface area contributed by atoms with Gasteiger partial charge < -0.3 is 14.4 Å². The minimum absolute atomic E-state index is 0.214. The summed E-state index contributed by atoms with van der Waals surface area (Å²) >= 11 is 3.11. The summed E-state index contributed by atoms with van der Waals surface area (Å²) in [6, 6.07) is 4.78. The molecular weight excluding hydrogens is 338 g/mol. The molecule has 3 nitrogen and oxygen atoms in total. The van der Waals surface area contributed by atoms with Crippen molar-refractivity contribution in [2.75, 3.05) is 6.61 Å². The van der Waals surface area contributed by atoms with E-state index in [-0.39, 0.29) is 12.4 Å². The van der Waals surface area contributed by atoms with Gasteiger partial charge in [-0.1, -0.05) is 12.1 Å². The van der Waals surface area contributed by atoms with Gasteiger partial charge in [0.1, 0.15) is 5.82 Å². The van der Waals surface area contributed by atoms with Crippen molar-refractivity contribution in [1.82, 2.24) is 0 Å². The molecule has 0 bridgehead atoms. The van der Waals surface area contributed by atoms with Gasteiger partial charge in [0, 0.05) is 0 Å². The molecule has 1 aliphatic heterocycles. The normalized spacial score (nSPS) is 20.9. The number of aliphatic hydroxyl groups excluding tert-OH is 1. The molecule has 0 unspecified atom stereocenters. The minimum Gasteiger partial charge on any atom is -0.400 e. The summed E-state index contributed by atoms with van der Waals surface area (Å²) in [6.07, 6.45) is 1.69. The van der Waals surface area contributed by atoms with Gasteiger partial charge in [-0.2, -0.15) is 0 Å². The van der Waals surface area contributed by atoms with E-state index in [1.165, 1.54) is 6.07 Å². The van der Waals surface area contributed by atoms with Crippen LogP contribution in [0.25, 0.3) is 6.08 Å². The van der Waals surface area contributed by atoms with E-state index in [4.69, 9.17) is 9.31 Å². The highest BCUT2D eigenvalue weighted by Gasteiger charge is 2.52. The molecule has 0 aromatic heterocycles. The number of benzene rings is 1. The van der Waals surface area contributed by atoms with Crippen molar-refractivity contribution in [1.29, 1.82) is 0 Å². The van der Waals surface area contributed by atoms with Crippen molar-refractivity contribution < 1.29 is 18.8 Å². The van der Waals surface area contributed by atoms with Crippen LogP contribution in [0.15, 0.2) is 28.1 Å². The Morgan fingerprint density at radius 2 is 1.86 bits per heavy atom. The van der Waals surface area contributed by atoms with Crippen LogP contribution >= 0.6 is 15.9 Å². The van der Waals surface area contributed by atoms with Crippen LogP contribution in [-0.4, -0.2) is 30.0 Å². The van der Waals surface area contributed by atoms with Crippen LogP contribution in [0.4, 0.5) is 4.39 Å². The van der Waals surface area contributed by atoms with Gasteiger partial charge in [-0.15, -0.1) is 0 Å². The summed E-state index contributed by atoms with van der Waals surface area (Å²) in [6.45, 7) is 7.57. The van der Waals surface area contributed by atoms with Gasteiger partial charge in [0.05, 0.1) is 22.3 Å². The van der Waals surface area contributed by atoms with Crippen LogP contribution in [0.2, 0.25) is 0 Å². The van der Waals surface area contributed by atoms with E-state index in [1.807, 2.05) is 27.7 Å². The van der Waals surface area contributed by atoms with Crippen molar-refractivity contribution in [2.24, 2.45) is 0 Å². The number of hydrogen-bond acceptors (Lipinski definition) is 3. The van der Waals surface area contributed by atoms with Crippen molar-refractivity contribution in [3.63, 3.8) is 0 Å². The summed E-state index contributed by atoms with van der Waals surface area (Å²) < 4.78 is 25.7. The van der Waals surface area contributed by atoms with Gasteiger partial charge in [0.15, 0.2) is 0 Å². The fourth-order valence-electron chi connectivity index (χ4n) is 2.00. The van der Waals surface area contributed by atoms with Crippen molar-refractivity contribution >= 4 is 29.1 Å². The molecular formula is C15H19BBrFO3. The molecule has 1 fully saturated rings. The van der Waals surface area contributed by atoms with E-state index in [1.54, 1.807) is 18.2 Å². The standard InChI is InChI=1S/C15H19BBrFO3/c1-14(2)15(3,4)21-16(20-14)11(9-19)7-10-5-6-12(17)13(18)8-10/h5-8,19H,9H2,1-4H3. The van der Waals surface area contributed by atoms with Gasteiger partial charge in [0.2, 0.25) is 0 Å². The third-order valence-corrected chi connectivity index (χ3v) is 4.68. The van der Waals surface area contributed by atoms with Gasteiger partial charge in [-0.05, 0) is 66.8 Å². The lowest BCUT2D eigenvalue weighted by Crippen LogP contribution is -2.41. The Labute approximate surface area is 133 Å². The molecule has 0 radical (unpaired) electrons. The Morgan fingerprint density at radius 1 is 1.29 bits per heavy atom. The van der Waals surface area contributed by atoms with Crippen molar-refractivity contribution in [2.45, 2.75) is 38.9 Å². The number of halogens is 2. The van der Waals surface area contributed by atoms with Crippen molar-refractivity contribution in [3.8, 4) is 0 Å². The summed E-state index contributed by atoms with van der Waals surface area (Å²) in [5.74, 6) is -0.352. The highest BCUT2D eigenvalue weighted by Crippen LogP contribution is 2.38. The quantitative estimate of drug-likeness (QED) is 0.841. The van der Waals surface area contributed by atoms with E-state index in [0.717, 1.165) is 0 Å². The van der Waals surface area contributed by atoms with Crippen LogP contribution in [0.3, 0.4) is 0 Å². The Kier molecular flexibility index (Phi) is 4.64. The highest BCUT2D eigenvalue weighted by molar-refractivity contribution is 9.10. The van der Waals surface area contributed by atoms with E-state index >= 15 is 0 Å². The zero-order valence-corrected chi connectivity index (χ0v) is 14.2. The smallest absolute Gasteiger partial charge is 0.400 e. The van der Waals surface area contributed by atoms with Crippen LogP contribution < -0.4 is 0 Å². The molecule has 0 saturated carbocycles. The molecule has 0 atom stereocenters. The molecule has 2 rings (SSSR count). The molecule has 1 aromatic rings. The fraction of sp³-hybridized carbons (Fsp3) is 0.467. The molecule has 0 spiro atoms. The first-order valence-electron chi connectivity index (χ1n) is 6.78. The Balaban J connectivity index is 2.28. The molecule has 0 amide bonds. The Morgan fingerprint density at radius 3 is 2.33 bits per heavy atom. The van der Waals surface area contributed by atoms with Crippen LogP contribution in [0, 0.1) is 5.82 Å². The van der Waals surface area contributed by atoms with Crippen LogP contribution in [0.5, 0.6) is 0 Å². The molecule has 1 N–H and O–H groups in total. The number of aliphatic hydroxyl groups is 1. The molecule has 21 heavy (non-hydrogen) atoms. The molecule has 114 valence electrons. The van der Waals surface area contributed by atoms with E-state index in [2.05, 4.69) is 15.9 Å². The molecule has 1 aromatic carbocycles. The third-order valence-electron chi connectivity index (χ3n) is 4.03. The zero-order valence-electron chi connectivity index (χ0n) is 12.6. The number of hydrogen-bond donors (Lipinski definition) is 1. The van der Waals surface area contributed by atoms with Gasteiger partial charge in [-0.25, -0.2) is 4.39 Å². The maximum atomic E-state index is 13.6. The third kappa shape index (κ3) is 3.39. The molecule has 0 aliphatic carbocycles. The first-order chi connectivity index (χ1) is 9.66. The first-order valence-corrected chi connectivity index (χ1v) is 7.57. The molecule has 1 heterocycles. The molecule has 6 heteroatoms. The largest absolute Gasteiger partial charge is 0.492 e. The maximum Gasteiger partial charge on any atom is 0.492 e. The summed E-state index contributed by atoms with van der Waals surface area (Å²) in [4.78, 5) is 0. The second kappa shape index (κ2) is 5.84. The predicted molar refractivity (Wildman–Crippen MR) is 85.2 cm³/mol. The Hall–Kier alpha value is -0.685. The zero-order chi connectivity index (χ0) is 15.8. The second-order valence-electron chi connectivity index (χ2n) is 6.14. The summed E-state index contributed by atoms with van der Waals surface area (Å²) in [5, 5.41) is 9.58. The monoisotopic (exact) mass is 356 g/mol. The highest BCUT2D eigenvalue weighted by atomic mass is 79.9. The lowest BCUT2D eigenvalue weighted by Gasteiger charge is -2.32. The number of rotatable bonds is 3. The van der Waals surface area contributed by atoms with E-state index < -0.39 is 18.3 Å². The second-order valence-corrected chi connectivity index (χ2v) is 6.99. The van der Waals surface area contributed by atoms with Gasteiger partial charge >= 0.3 is 7.12 Å². The average Bonchev–Trinajstić information content (AvgIpc) is 2.59. The van der Waals surface area contributed by atoms with E-state index in [0.29, 0.717) is 15.5 Å². The predicted octanol–water partition coefficient (Wildman–Crippen LogP) is 3.60. The van der Waals surface area contributed by atoms with E-state index in [9.17, 15) is 9.50 Å². The summed E-state index contributed by atoms with van der Waals surface area (Å²) in [7, 11) is -0.633.